The molecule has 0 amide bonds. The molecule has 4 heteroatoms. The van der Waals surface area contributed by atoms with Gasteiger partial charge < -0.3 is 15.5 Å². The highest BCUT2D eigenvalue weighted by atomic mass is 15.2. The first-order valence-electron chi connectivity index (χ1n) is 5.83. The van der Waals surface area contributed by atoms with Gasteiger partial charge in [-0.25, -0.2) is 0 Å². The van der Waals surface area contributed by atoms with Crippen LogP contribution in [0, 0.1) is 5.92 Å². The number of hydrogen-bond acceptors (Lipinski definition) is 2. The predicted octanol–water partition coefficient (Wildman–Crippen LogP) is 0.595. The first kappa shape index (κ1) is 12.3. The van der Waals surface area contributed by atoms with Crippen molar-refractivity contribution in [1.29, 1.82) is 0 Å². The number of nitrogens with zero attached hydrogens (tertiary/aromatic N) is 3. The molecule has 2 N–H and O–H groups in total. The molecule has 0 aliphatic carbocycles. The Morgan fingerprint density at radius 3 is 2.87 bits per heavy atom. The quantitative estimate of drug-likeness (QED) is 0.548. The third kappa shape index (κ3) is 4.08. The fraction of sp³-hybridized carbons (Fsp3) is 0.909. The lowest BCUT2D eigenvalue weighted by Gasteiger charge is -2.21. The largest absolute Gasteiger partial charge is 0.370 e. The maximum absolute atomic E-state index is 5.88. The highest BCUT2D eigenvalue weighted by Crippen LogP contribution is 2.14. The van der Waals surface area contributed by atoms with Crippen molar-refractivity contribution in [2.24, 2.45) is 16.6 Å². The molecule has 1 heterocycles. The normalized spacial score (nSPS) is 23.4. The topological polar surface area (TPSA) is 44.9 Å². The Kier molecular flexibility index (Phi) is 4.88. The SMILES string of the molecule is CCCN=C(N)N(C)CC1CCN(C)C1. The smallest absolute Gasteiger partial charge is 0.190 e. The molecule has 4 nitrogen and oxygen atoms in total. The van der Waals surface area contributed by atoms with E-state index in [2.05, 4.69) is 28.8 Å². The number of hydrogen-bond donors (Lipinski definition) is 1. The summed E-state index contributed by atoms with van der Waals surface area (Å²) in [6.07, 6.45) is 2.34. The molecule has 0 saturated carbocycles. The summed E-state index contributed by atoms with van der Waals surface area (Å²) >= 11 is 0. The van der Waals surface area contributed by atoms with E-state index in [1.165, 1.54) is 19.5 Å². The van der Waals surface area contributed by atoms with Crippen LogP contribution >= 0.6 is 0 Å². The summed E-state index contributed by atoms with van der Waals surface area (Å²) in [4.78, 5) is 8.77. The molecule has 1 aliphatic rings. The standard InChI is InChI=1S/C11H24N4/c1-4-6-13-11(12)15(3)9-10-5-7-14(2)8-10/h10H,4-9H2,1-3H3,(H2,12,13). The van der Waals surface area contributed by atoms with E-state index in [-0.39, 0.29) is 0 Å². The zero-order valence-electron chi connectivity index (χ0n) is 10.2. The molecule has 0 aromatic rings. The molecule has 1 fully saturated rings. The number of aliphatic imine (C=N–C) groups is 1. The minimum absolute atomic E-state index is 0.686. The van der Waals surface area contributed by atoms with E-state index in [0.717, 1.165) is 25.4 Å². The van der Waals surface area contributed by atoms with Gasteiger partial charge in [-0.1, -0.05) is 6.92 Å². The number of guanidine groups is 1. The summed E-state index contributed by atoms with van der Waals surface area (Å²) in [5.41, 5.74) is 5.88. The van der Waals surface area contributed by atoms with Crippen molar-refractivity contribution in [3.05, 3.63) is 0 Å². The van der Waals surface area contributed by atoms with E-state index >= 15 is 0 Å². The van der Waals surface area contributed by atoms with Gasteiger partial charge in [0.25, 0.3) is 0 Å². The Morgan fingerprint density at radius 1 is 1.60 bits per heavy atom. The second kappa shape index (κ2) is 5.95. The zero-order valence-corrected chi connectivity index (χ0v) is 10.2. The van der Waals surface area contributed by atoms with Crippen molar-refractivity contribution in [2.45, 2.75) is 19.8 Å². The third-order valence-corrected chi connectivity index (χ3v) is 2.91. The molecule has 15 heavy (non-hydrogen) atoms. The second-order valence-electron chi connectivity index (χ2n) is 4.54. The van der Waals surface area contributed by atoms with Crippen LogP contribution < -0.4 is 5.73 Å². The molecule has 1 aliphatic heterocycles. The van der Waals surface area contributed by atoms with E-state index < -0.39 is 0 Å². The van der Waals surface area contributed by atoms with Gasteiger partial charge in [-0.15, -0.1) is 0 Å². The van der Waals surface area contributed by atoms with Crippen molar-refractivity contribution in [3.63, 3.8) is 0 Å². The zero-order chi connectivity index (χ0) is 11.3. The maximum Gasteiger partial charge on any atom is 0.190 e. The monoisotopic (exact) mass is 212 g/mol. The first-order chi connectivity index (χ1) is 7.13. The molecule has 1 atom stereocenters. The highest BCUT2D eigenvalue weighted by Gasteiger charge is 2.21. The van der Waals surface area contributed by atoms with E-state index in [0.29, 0.717) is 5.96 Å². The van der Waals surface area contributed by atoms with Crippen molar-refractivity contribution in [2.75, 3.05) is 40.3 Å². The van der Waals surface area contributed by atoms with Crippen LogP contribution in [0.1, 0.15) is 19.8 Å². The molecule has 0 aromatic carbocycles. The van der Waals surface area contributed by atoms with E-state index in [9.17, 15) is 0 Å². The van der Waals surface area contributed by atoms with Crippen LogP contribution in [0.25, 0.3) is 0 Å². The van der Waals surface area contributed by atoms with Gasteiger partial charge in [0, 0.05) is 26.7 Å². The molecule has 0 bridgehead atoms. The number of nitrogens with two attached hydrogens (primary N) is 1. The van der Waals surface area contributed by atoms with Crippen LogP contribution in [0.15, 0.2) is 4.99 Å². The van der Waals surface area contributed by atoms with Crippen LogP contribution in [0.2, 0.25) is 0 Å². The van der Waals surface area contributed by atoms with Crippen molar-refractivity contribution in [1.82, 2.24) is 9.80 Å². The Hall–Kier alpha value is -0.770. The van der Waals surface area contributed by atoms with Gasteiger partial charge in [0.15, 0.2) is 5.96 Å². The summed E-state index contributed by atoms with van der Waals surface area (Å²) in [6.45, 7) is 6.38. The third-order valence-electron chi connectivity index (χ3n) is 2.91. The van der Waals surface area contributed by atoms with Crippen LogP contribution in [0.4, 0.5) is 0 Å². The number of likely N-dealkylation sites (tertiary alicyclic amines) is 1. The van der Waals surface area contributed by atoms with E-state index in [4.69, 9.17) is 5.73 Å². The minimum Gasteiger partial charge on any atom is -0.370 e. The average molecular weight is 212 g/mol. The van der Waals surface area contributed by atoms with Gasteiger partial charge in [-0.3, -0.25) is 4.99 Å². The van der Waals surface area contributed by atoms with Gasteiger partial charge in [0.05, 0.1) is 0 Å². The Bertz CT molecular complexity index is 215. The highest BCUT2D eigenvalue weighted by molar-refractivity contribution is 5.77. The molecular formula is C11H24N4. The Balaban J connectivity index is 2.31. The lowest BCUT2D eigenvalue weighted by Crippen LogP contribution is -2.38. The summed E-state index contributed by atoms with van der Waals surface area (Å²) in [5.74, 6) is 1.43. The summed E-state index contributed by atoms with van der Waals surface area (Å²) in [6, 6.07) is 0. The predicted molar refractivity (Wildman–Crippen MR) is 65.0 cm³/mol. The van der Waals surface area contributed by atoms with Crippen molar-refractivity contribution < 1.29 is 0 Å². The molecule has 1 unspecified atom stereocenters. The molecule has 1 rings (SSSR count). The molecule has 0 spiro atoms. The van der Waals surface area contributed by atoms with Crippen molar-refractivity contribution >= 4 is 5.96 Å². The van der Waals surface area contributed by atoms with E-state index in [1.807, 2.05) is 7.05 Å². The van der Waals surface area contributed by atoms with Gasteiger partial charge in [-0.2, -0.15) is 0 Å². The van der Waals surface area contributed by atoms with Crippen molar-refractivity contribution in [3.8, 4) is 0 Å². The van der Waals surface area contributed by atoms with Crippen LogP contribution in [-0.4, -0.2) is 56.0 Å². The second-order valence-corrected chi connectivity index (χ2v) is 4.54. The first-order valence-corrected chi connectivity index (χ1v) is 5.83. The van der Waals surface area contributed by atoms with Gasteiger partial charge in [-0.05, 0) is 32.4 Å². The van der Waals surface area contributed by atoms with Gasteiger partial charge >= 0.3 is 0 Å². The fourth-order valence-electron chi connectivity index (χ4n) is 2.00. The minimum atomic E-state index is 0.686. The molecular weight excluding hydrogens is 188 g/mol. The lowest BCUT2D eigenvalue weighted by atomic mass is 10.1. The summed E-state index contributed by atoms with van der Waals surface area (Å²) in [5, 5.41) is 0. The number of rotatable bonds is 4. The molecule has 0 aromatic heterocycles. The fourth-order valence-corrected chi connectivity index (χ4v) is 2.00. The van der Waals surface area contributed by atoms with Crippen LogP contribution in [-0.2, 0) is 0 Å². The van der Waals surface area contributed by atoms with E-state index in [1.54, 1.807) is 0 Å². The van der Waals surface area contributed by atoms with Gasteiger partial charge in [0.2, 0.25) is 0 Å². The summed E-state index contributed by atoms with van der Waals surface area (Å²) < 4.78 is 0. The molecule has 1 saturated heterocycles. The van der Waals surface area contributed by atoms with Crippen LogP contribution in [0.3, 0.4) is 0 Å². The van der Waals surface area contributed by atoms with Crippen LogP contribution in [0.5, 0.6) is 0 Å². The Morgan fingerprint density at radius 2 is 2.33 bits per heavy atom. The molecule has 0 radical (unpaired) electrons. The van der Waals surface area contributed by atoms with Gasteiger partial charge in [0.1, 0.15) is 0 Å². The lowest BCUT2D eigenvalue weighted by molar-refractivity contribution is 0.353. The maximum atomic E-state index is 5.88. The summed E-state index contributed by atoms with van der Waals surface area (Å²) in [7, 11) is 4.21. The average Bonchev–Trinajstić information content (AvgIpc) is 2.60. The Labute approximate surface area is 93.1 Å². The molecule has 88 valence electrons.